The Balaban J connectivity index is 2.19. The molecule has 0 aliphatic heterocycles. The van der Waals surface area contributed by atoms with Crippen molar-refractivity contribution in [1.29, 1.82) is 0 Å². The van der Waals surface area contributed by atoms with Gasteiger partial charge >= 0.3 is 5.97 Å². The quantitative estimate of drug-likeness (QED) is 0.801. The number of carbonyl (C=O) groups is 2. The van der Waals surface area contributed by atoms with Gasteiger partial charge in [0.25, 0.3) is 0 Å². The lowest BCUT2D eigenvalue weighted by atomic mass is 10.0. The third-order valence-electron chi connectivity index (χ3n) is 3.18. The Morgan fingerprint density at radius 3 is 2.45 bits per heavy atom. The van der Waals surface area contributed by atoms with Gasteiger partial charge in [-0.25, -0.2) is 0 Å². The molecular formula is C17H16O5. The number of aromatic hydroxyl groups is 1. The van der Waals surface area contributed by atoms with Gasteiger partial charge in [-0.1, -0.05) is 18.2 Å². The third kappa shape index (κ3) is 3.85. The predicted octanol–water partition coefficient (Wildman–Crippen LogP) is 2.80. The molecular weight excluding hydrogens is 284 g/mol. The van der Waals surface area contributed by atoms with E-state index in [-0.39, 0.29) is 24.6 Å². The number of para-hydroxylation sites is 1. The fourth-order valence-electron chi connectivity index (χ4n) is 2.11. The number of Topliss-reactive ketones (excluding diaryl/α,β-unsaturated/α-hetero) is 1. The molecule has 0 fully saturated rings. The van der Waals surface area contributed by atoms with E-state index in [1.54, 1.807) is 42.5 Å². The summed E-state index contributed by atoms with van der Waals surface area (Å²) in [5.41, 5.74) is 1.41. The molecule has 2 aromatic carbocycles. The zero-order valence-corrected chi connectivity index (χ0v) is 12.1. The third-order valence-corrected chi connectivity index (χ3v) is 3.18. The molecule has 0 heterocycles. The van der Waals surface area contributed by atoms with Crippen LogP contribution in [-0.4, -0.2) is 22.0 Å². The molecule has 0 atom stereocenters. The van der Waals surface area contributed by atoms with Crippen molar-refractivity contribution in [2.45, 2.75) is 20.0 Å². The lowest BCUT2D eigenvalue weighted by molar-refractivity contribution is -0.136. The maximum atomic E-state index is 11.5. The molecule has 0 saturated carbocycles. The fraction of sp³-hybridized carbons (Fsp3) is 0.176. The molecule has 0 aliphatic carbocycles. The van der Waals surface area contributed by atoms with E-state index in [4.69, 9.17) is 9.84 Å². The Hall–Kier alpha value is -2.82. The summed E-state index contributed by atoms with van der Waals surface area (Å²) in [6, 6.07) is 11.5. The first-order chi connectivity index (χ1) is 10.5. The van der Waals surface area contributed by atoms with Crippen molar-refractivity contribution in [3.63, 3.8) is 0 Å². The number of benzene rings is 2. The number of carboxylic acids is 1. The van der Waals surface area contributed by atoms with Gasteiger partial charge in [-0.15, -0.1) is 0 Å². The Kier molecular flexibility index (Phi) is 4.78. The molecule has 2 N–H and O–H groups in total. The average molecular weight is 300 g/mol. The lowest BCUT2D eigenvalue weighted by Gasteiger charge is -2.11. The number of aliphatic carboxylic acids is 1. The summed E-state index contributed by atoms with van der Waals surface area (Å²) in [4.78, 5) is 22.4. The molecule has 0 saturated heterocycles. The molecule has 0 unspecified atom stereocenters. The van der Waals surface area contributed by atoms with Gasteiger partial charge in [0.1, 0.15) is 18.1 Å². The average Bonchev–Trinajstić information content (AvgIpc) is 2.45. The summed E-state index contributed by atoms with van der Waals surface area (Å²) in [5.74, 6) is -0.623. The highest BCUT2D eigenvalue weighted by atomic mass is 16.5. The van der Waals surface area contributed by atoms with Crippen LogP contribution in [0.4, 0.5) is 0 Å². The topological polar surface area (TPSA) is 83.8 Å². The second-order valence-electron chi connectivity index (χ2n) is 4.86. The summed E-state index contributed by atoms with van der Waals surface area (Å²) in [7, 11) is 0. The summed E-state index contributed by atoms with van der Waals surface area (Å²) in [6.07, 6.45) is -0.247. The number of carboxylic acid groups (broad SMARTS) is 1. The van der Waals surface area contributed by atoms with Gasteiger partial charge in [-0.3, -0.25) is 9.59 Å². The van der Waals surface area contributed by atoms with Crippen molar-refractivity contribution in [1.82, 2.24) is 0 Å². The van der Waals surface area contributed by atoms with E-state index in [0.29, 0.717) is 22.4 Å². The van der Waals surface area contributed by atoms with Crippen LogP contribution in [0.15, 0.2) is 42.5 Å². The first-order valence-electron chi connectivity index (χ1n) is 6.72. The Morgan fingerprint density at radius 2 is 1.82 bits per heavy atom. The molecule has 2 rings (SSSR count). The monoisotopic (exact) mass is 300 g/mol. The molecule has 5 heteroatoms. The minimum atomic E-state index is -1.01. The van der Waals surface area contributed by atoms with Gasteiger partial charge in [0.05, 0.1) is 6.42 Å². The molecule has 0 bridgehead atoms. The minimum Gasteiger partial charge on any atom is -0.508 e. The van der Waals surface area contributed by atoms with Crippen molar-refractivity contribution in [3.8, 4) is 11.5 Å². The van der Waals surface area contributed by atoms with E-state index in [1.165, 1.54) is 6.92 Å². The van der Waals surface area contributed by atoms with Gasteiger partial charge in [0, 0.05) is 11.1 Å². The van der Waals surface area contributed by atoms with Crippen molar-refractivity contribution in [2.75, 3.05) is 0 Å². The maximum absolute atomic E-state index is 11.5. The SMILES string of the molecule is CC(=O)c1ccc(OCc2ccccc2O)cc1CC(=O)O. The summed E-state index contributed by atoms with van der Waals surface area (Å²) in [5, 5.41) is 18.6. The standard InChI is InChI=1S/C17H16O5/c1-11(18)15-7-6-14(8-13(15)9-17(20)21)22-10-12-4-2-3-5-16(12)19/h2-8,19H,9-10H2,1H3,(H,20,21). The van der Waals surface area contributed by atoms with Crippen LogP contribution >= 0.6 is 0 Å². The number of hydrogen-bond donors (Lipinski definition) is 2. The molecule has 114 valence electrons. The fourth-order valence-corrected chi connectivity index (χ4v) is 2.11. The largest absolute Gasteiger partial charge is 0.508 e. The van der Waals surface area contributed by atoms with Crippen LogP contribution in [0.5, 0.6) is 11.5 Å². The molecule has 0 radical (unpaired) electrons. The lowest BCUT2D eigenvalue weighted by Crippen LogP contribution is -2.07. The second-order valence-corrected chi connectivity index (χ2v) is 4.86. The van der Waals surface area contributed by atoms with Gasteiger partial charge in [-0.05, 0) is 36.8 Å². The number of phenolic OH excluding ortho intramolecular Hbond substituents is 1. The predicted molar refractivity (Wildman–Crippen MR) is 80.2 cm³/mol. The van der Waals surface area contributed by atoms with E-state index < -0.39 is 5.97 Å². The Labute approximate surface area is 127 Å². The van der Waals surface area contributed by atoms with E-state index in [2.05, 4.69) is 0 Å². The van der Waals surface area contributed by atoms with Gasteiger partial charge in [0.15, 0.2) is 5.78 Å². The highest BCUT2D eigenvalue weighted by Gasteiger charge is 2.12. The second kappa shape index (κ2) is 6.76. The molecule has 22 heavy (non-hydrogen) atoms. The van der Waals surface area contributed by atoms with E-state index in [9.17, 15) is 14.7 Å². The molecule has 0 aromatic heterocycles. The molecule has 2 aromatic rings. The minimum absolute atomic E-state index is 0.133. The van der Waals surface area contributed by atoms with Crippen LogP contribution in [0.3, 0.4) is 0 Å². The number of ether oxygens (including phenoxy) is 1. The first kappa shape index (κ1) is 15.6. The summed E-state index contributed by atoms with van der Waals surface area (Å²) < 4.78 is 5.57. The molecule has 0 amide bonds. The highest BCUT2D eigenvalue weighted by Crippen LogP contribution is 2.22. The molecule has 0 aliphatic rings. The number of ketones is 1. The zero-order valence-electron chi connectivity index (χ0n) is 12.1. The smallest absolute Gasteiger partial charge is 0.307 e. The molecule has 0 spiro atoms. The first-order valence-corrected chi connectivity index (χ1v) is 6.72. The van der Waals surface area contributed by atoms with Crippen LogP contribution < -0.4 is 4.74 Å². The van der Waals surface area contributed by atoms with Gasteiger partial charge in [0.2, 0.25) is 0 Å². The number of hydrogen-bond acceptors (Lipinski definition) is 4. The number of phenols is 1. The molecule has 5 nitrogen and oxygen atoms in total. The van der Waals surface area contributed by atoms with Crippen molar-refractivity contribution in [3.05, 3.63) is 59.2 Å². The summed E-state index contributed by atoms with van der Waals surface area (Å²) in [6.45, 7) is 1.54. The van der Waals surface area contributed by atoms with Gasteiger partial charge in [-0.2, -0.15) is 0 Å². The van der Waals surface area contributed by atoms with E-state index >= 15 is 0 Å². The van der Waals surface area contributed by atoms with E-state index in [0.717, 1.165) is 0 Å². The van der Waals surface area contributed by atoms with Crippen molar-refractivity contribution >= 4 is 11.8 Å². The zero-order chi connectivity index (χ0) is 16.1. The maximum Gasteiger partial charge on any atom is 0.307 e. The van der Waals surface area contributed by atoms with Gasteiger partial charge < -0.3 is 14.9 Å². The van der Waals surface area contributed by atoms with Crippen LogP contribution in [0.1, 0.15) is 28.4 Å². The highest BCUT2D eigenvalue weighted by molar-refractivity contribution is 5.96. The van der Waals surface area contributed by atoms with E-state index in [1.807, 2.05) is 0 Å². The summed E-state index contributed by atoms with van der Waals surface area (Å²) >= 11 is 0. The van der Waals surface area contributed by atoms with Crippen LogP contribution in [0.25, 0.3) is 0 Å². The number of carbonyl (C=O) groups excluding carboxylic acids is 1. The Bertz CT molecular complexity index is 706. The van der Waals surface area contributed by atoms with Crippen molar-refractivity contribution in [2.24, 2.45) is 0 Å². The van der Waals surface area contributed by atoms with Crippen LogP contribution in [0, 0.1) is 0 Å². The normalized spacial score (nSPS) is 10.2. The number of rotatable bonds is 6. The van der Waals surface area contributed by atoms with Crippen molar-refractivity contribution < 1.29 is 24.5 Å². The van der Waals surface area contributed by atoms with Crippen LogP contribution in [-0.2, 0) is 17.8 Å². The Morgan fingerprint density at radius 1 is 1.09 bits per heavy atom. The van der Waals surface area contributed by atoms with Crippen LogP contribution in [0.2, 0.25) is 0 Å².